The third kappa shape index (κ3) is 26.0. The van der Waals surface area contributed by atoms with Gasteiger partial charge >= 0.3 is 0 Å². The van der Waals surface area contributed by atoms with Crippen LogP contribution in [0.3, 0.4) is 0 Å². The second-order valence-corrected chi connectivity index (χ2v) is 2.51. The van der Waals surface area contributed by atoms with Gasteiger partial charge < -0.3 is 5.32 Å². The van der Waals surface area contributed by atoms with E-state index in [1.54, 1.807) is 6.08 Å². The van der Waals surface area contributed by atoms with Crippen molar-refractivity contribution in [3.63, 3.8) is 0 Å². The Balaban J connectivity index is 0. The van der Waals surface area contributed by atoms with E-state index in [1.165, 1.54) is 32.4 Å². The van der Waals surface area contributed by atoms with Crippen LogP contribution in [0.1, 0.15) is 40.0 Å². The van der Waals surface area contributed by atoms with Gasteiger partial charge in [-0.25, -0.2) is 0 Å². The summed E-state index contributed by atoms with van der Waals surface area (Å²) in [7, 11) is 0. The monoisotopic (exact) mass is 157 g/mol. The van der Waals surface area contributed by atoms with Crippen LogP contribution in [0.25, 0.3) is 0 Å². The van der Waals surface area contributed by atoms with E-state index in [9.17, 15) is 0 Å². The SMILES string of the molecule is C=CC.CCCCNCCC. The third-order valence-electron chi connectivity index (χ3n) is 1.13. The number of nitrogens with one attached hydrogen (secondary N) is 1. The van der Waals surface area contributed by atoms with Crippen molar-refractivity contribution in [2.75, 3.05) is 13.1 Å². The zero-order valence-electron chi connectivity index (χ0n) is 8.32. The number of unbranched alkanes of at least 4 members (excludes halogenated alkanes) is 1. The largest absolute Gasteiger partial charge is 0.317 e. The van der Waals surface area contributed by atoms with E-state index in [4.69, 9.17) is 0 Å². The zero-order chi connectivity index (χ0) is 8.95. The van der Waals surface area contributed by atoms with E-state index in [0.29, 0.717) is 0 Å². The van der Waals surface area contributed by atoms with Crippen molar-refractivity contribution in [3.05, 3.63) is 12.7 Å². The molecule has 0 spiro atoms. The Hall–Kier alpha value is -0.300. The quantitative estimate of drug-likeness (QED) is 0.478. The third-order valence-corrected chi connectivity index (χ3v) is 1.13. The molecule has 0 aromatic rings. The summed E-state index contributed by atoms with van der Waals surface area (Å²) in [5, 5.41) is 3.34. The Labute approximate surface area is 71.9 Å². The van der Waals surface area contributed by atoms with Crippen molar-refractivity contribution in [1.82, 2.24) is 5.32 Å². The maximum absolute atomic E-state index is 3.36. The highest BCUT2D eigenvalue weighted by Crippen LogP contribution is 1.81. The average Bonchev–Trinajstić information content (AvgIpc) is 2.00. The summed E-state index contributed by atoms with van der Waals surface area (Å²) in [6, 6.07) is 0. The molecule has 0 fully saturated rings. The lowest BCUT2D eigenvalue weighted by Crippen LogP contribution is -2.15. The Bertz CT molecular complexity index is 53.9. The summed E-state index contributed by atoms with van der Waals surface area (Å²) in [4.78, 5) is 0. The second-order valence-electron chi connectivity index (χ2n) is 2.51. The molecule has 0 heterocycles. The maximum atomic E-state index is 3.36. The normalized spacial score (nSPS) is 8.27. The minimum atomic E-state index is 1.18. The summed E-state index contributed by atoms with van der Waals surface area (Å²) in [6.45, 7) is 12.0. The smallest absolute Gasteiger partial charge is 0.00490 e. The molecule has 1 heteroatoms. The van der Waals surface area contributed by atoms with Crippen molar-refractivity contribution in [1.29, 1.82) is 0 Å². The average molecular weight is 157 g/mol. The van der Waals surface area contributed by atoms with Crippen molar-refractivity contribution in [3.8, 4) is 0 Å². The first kappa shape index (κ1) is 13.3. The first-order chi connectivity index (χ1) is 5.33. The summed E-state index contributed by atoms with van der Waals surface area (Å²) >= 11 is 0. The van der Waals surface area contributed by atoms with Crippen molar-refractivity contribution in [2.24, 2.45) is 0 Å². The van der Waals surface area contributed by atoms with Gasteiger partial charge in [0.2, 0.25) is 0 Å². The molecule has 0 atom stereocenters. The summed E-state index contributed by atoms with van der Waals surface area (Å²) in [6.07, 6.45) is 5.63. The molecule has 0 saturated carbocycles. The molecule has 0 aromatic carbocycles. The van der Waals surface area contributed by atoms with Gasteiger partial charge in [-0.15, -0.1) is 6.58 Å². The van der Waals surface area contributed by atoms with Gasteiger partial charge in [-0.1, -0.05) is 26.3 Å². The Kier molecular flexibility index (Phi) is 19.8. The molecule has 0 aliphatic carbocycles. The number of hydrogen-bond acceptors (Lipinski definition) is 1. The highest BCUT2D eigenvalue weighted by molar-refractivity contribution is 4.51. The predicted octanol–water partition coefficient (Wildman–Crippen LogP) is 2.98. The molecule has 0 aliphatic heterocycles. The van der Waals surface area contributed by atoms with Crippen LogP contribution >= 0.6 is 0 Å². The van der Waals surface area contributed by atoms with Crippen molar-refractivity contribution >= 4 is 0 Å². The minimum Gasteiger partial charge on any atom is -0.317 e. The fraction of sp³-hybridized carbons (Fsp3) is 0.800. The second kappa shape index (κ2) is 16.4. The van der Waals surface area contributed by atoms with Gasteiger partial charge in [0.1, 0.15) is 0 Å². The highest BCUT2D eigenvalue weighted by atomic mass is 14.8. The maximum Gasteiger partial charge on any atom is -0.00490 e. The van der Waals surface area contributed by atoms with Crippen LogP contribution in [0.5, 0.6) is 0 Å². The van der Waals surface area contributed by atoms with E-state index in [-0.39, 0.29) is 0 Å². The van der Waals surface area contributed by atoms with Crippen LogP contribution in [-0.2, 0) is 0 Å². The van der Waals surface area contributed by atoms with E-state index in [2.05, 4.69) is 25.7 Å². The summed E-state index contributed by atoms with van der Waals surface area (Å²) < 4.78 is 0. The van der Waals surface area contributed by atoms with Crippen molar-refractivity contribution in [2.45, 2.75) is 40.0 Å². The minimum absolute atomic E-state index is 1.18. The molecule has 0 bridgehead atoms. The van der Waals surface area contributed by atoms with Gasteiger partial charge in [0.25, 0.3) is 0 Å². The molecule has 68 valence electrons. The molecule has 0 amide bonds. The molecule has 0 radical (unpaired) electrons. The molecule has 0 aromatic heterocycles. The molecule has 1 N–H and O–H groups in total. The first-order valence-corrected chi connectivity index (χ1v) is 4.61. The van der Waals surface area contributed by atoms with E-state index < -0.39 is 0 Å². The summed E-state index contributed by atoms with van der Waals surface area (Å²) in [5.41, 5.74) is 0. The van der Waals surface area contributed by atoms with Gasteiger partial charge in [0, 0.05) is 0 Å². The Morgan fingerprint density at radius 2 is 1.73 bits per heavy atom. The molecular weight excluding hydrogens is 134 g/mol. The summed E-state index contributed by atoms with van der Waals surface area (Å²) in [5.74, 6) is 0. The van der Waals surface area contributed by atoms with Crippen LogP contribution in [0, 0.1) is 0 Å². The molecule has 1 nitrogen and oxygen atoms in total. The van der Waals surface area contributed by atoms with Crippen LogP contribution < -0.4 is 5.32 Å². The lowest BCUT2D eigenvalue weighted by molar-refractivity contribution is 0.633. The van der Waals surface area contributed by atoms with Crippen LogP contribution in [0.15, 0.2) is 12.7 Å². The molecular formula is C10H23N. The predicted molar refractivity (Wildman–Crippen MR) is 53.9 cm³/mol. The van der Waals surface area contributed by atoms with Gasteiger partial charge in [-0.3, -0.25) is 0 Å². The Morgan fingerprint density at radius 1 is 1.18 bits per heavy atom. The molecule has 0 rings (SSSR count). The Morgan fingerprint density at radius 3 is 2.09 bits per heavy atom. The number of hydrogen-bond donors (Lipinski definition) is 1. The number of allylic oxidation sites excluding steroid dienone is 1. The molecule has 0 saturated heterocycles. The zero-order valence-corrected chi connectivity index (χ0v) is 8.32. The topological polar surface area (TPSA) is 12.0 Å². The number of rotatable bonds is 5. The standard InChI is InChI=1S/C7H17N.C3H6/c1-3-5-7-8-6-4-2;1-3-2/h8H,3-7H2,1-2H3;3H,1H2,2H3. The fourth-order valence-corrected chi connectivity index (χ4v) is 0.604. The van der Waals surface area contributed by atoms with Crippen LogP contribution in [-0.4, -0.2) is 13.1 Å². The van der Waals surface area contributed by atoms with Gasteiger partial charge in [0.15, 0.2) is 0 Å². The van der Waals surface area contributed by atoms with E-state index >= 15 is 0 Å². The first-order valence-electron chi connectivity index (χ1n) is 4.61. The van der Waals surface area contributed by atoms with Gasteiger partial charge in [-0.2, -0.15) is 0 Å². The van der Waals surface area contributed by atoms with Crippen LogP contribution in [0.2, 0.25) is 0 Å². The molecule has 0 unspecified atom stereocenters. The lowest BCUT2D eigenvalue weighted by atomic mass is 10.3. The van der Waals surface area contributed by atoms with Crippen molar-refractivity contribution < 1.29 is 0 Å². The van der Waals surface area contributed by atoms with Crippen LogP contribution in [0.4, 0.5) is 0 Å². The fourth-order valence-electron chi connectivity index (χ4n) is 0.604. The highest BCUT2D eigenvalue weighted by Gasteiger charge is 1.80. The van der Waals surface area contributed by atoms with Gasteiger partial charge in [0.05, 0.1) is 0 Å². The molecule has 0 aliphatic rings. The van der Waals surface area contributed by atoms with E-state index in [0.717, 1.165) is 0 Å². The molecule has 11 heavy (non-hydrogen) atoms. The van der Waals surface area contributed by atoms with E-state index in [1.807, 2.05) is 6.92 Å². The van der Waals surface area contributed by atoms with Gasteiger partial charge in [-0.05, 0) is 32.9 Å². The lowest BCUT2D eigenvalue weighted by Gasteiger charge is -1.98.